The van der Waals surface area contributed by atoms with Gasteiger partial charge in [0.25, 0.3) is 5.91 Å². The Labute approximate surface area is 155 Å². The van der Waals surface area contributed by atoms with E-state index in [9.17, 15) is 4.79 Å². The quantitative estimate of drug-likeness (QED) is 0.702. The topological polar surface area (TPSA) is 75.6 Å². The third-order valence-electron chi connectivity index (χ3n) is 3.81. The highest BCUT2D eigenvalue weighted by Crippen LogP contribution is 2.29. The van der Waals surface area contributed by atoms with Crippen LogP contribution in [0.3, 0.4) is 0 Å². The normalized spacial score (nSPS) is 12.2. The standard InChI is InChI=1S/C17H17Cl2N5O/c1-3-24-7-6-14(23-24)10(2)20-17(25)16-9-15(21-22-16)12-5-4-11(18)8-13(12)19/h4-10H,3H2,1-2H3,(H,20,25)(H,21,22). The summed E-state index contributed by atoms with van der Waals surface area (Å²) in [5, 5.41) is 15.2. The molecule has 0 aliphatic carbocycles. The van der Waals surface area contributed by atoms with Crippen LogP contribution in [0.25, 0.3) is 11.3 Å². The number of benzene rings is 1. The maximum absolute atomic E-state index is 12.4. The van der Waals surface area contributed by atoms with Crippen LogP contribution in [-0.2, 0) is 6.54 Å². The second-order valence-corrected chi connectivity index (χ2v) is 6.43. The van der Waals surface area contributed by atoms with Gasteiger partial charge in [0, 0.05) is 23.3 Å². The van der Waals surface area contributed by atoms with Crippen molar-refractivity contribution in [2.75, 3.05) is 0 Å². The number of H-pyrrole nitrogens is 1. The zero-order chi connectivity index (χ0) is 18.0. The molecule has 3 aromatic rings. The number of amides is 1. The maximum Gasteiger partial charge on any atom is 0.269 e. The molecule has 2 heterocycles. The van der Waals surface area contributed by atoms with Gasteiger partial charge >= 0.3 is 0 Å². The van der Waals surface area contributed by atoms with Crippen molar-refractivity contribution in [1.29, 1.82) is 0 Å². The molecule has 0 aliphatic heterocycles. The number of carbonyl (C=O) groups is 1. The Hall–Kier alpha value is -2.31. The van der Waals surface area contributed by atoms with Crippen LogP contribution in [0.4, 0.5) is 0 Å². The number of halogens is 2. The van der Waals surface area contributed by atoms with Crippen molar-refractivity contribution in [2.24, 2.45) is 0 Å². The van der Waals surface area contributed by atoms with Crippen LogP contribution in [0.15, 0.2) is 36.5 Å². The van der Waals surface area contributed by atoms with Gasteiger partial charge in [0.2, 0.25) is 0 Å². The van der Waals surface area contributed by atoms with Gasteiger partial charge in [0.05, 0.1) is 22.5 Å². The number of rotatable bonds is 5. The summed E-state index contributed by atoms with van der Waals surface area (Å²) in [6.07, 6.45) is 1.88. The SMILES string of the molecule is CCn1ccc(C(C)NC(=O)c2cc(-c3ccc(Cl)cc3Cl)n[nH]2)n1. The molecule has 130 valence electrons. The highest BCUT2D eigenvalue weighted by atomic mass is 35.5. The van der Waals surface area contributed by atoms with E-state index in [1.807, 2.05) is 30.8 Å². The minimum absolute atomic E-state index is 0.217. The van der Waals surface area contributed by atoms with E-state index >= 15 is 0 Å². The molecule has 0 saturated carbocycles. The highest BCUT2D eigenvalue weighted by molar-refractivity contribution is 6.36. The molecule has 2 aromatic heterocycles. The average molecular weight is 378 g/mol. The van der Waals surface area contributed by atoms with Crippen molar-refractivity contribution in [1.82, 2.24) is 25.3 Å². The molecular formula is C17H17Cl2N5O. The number of hydrogen-bond donors (Lipinski definition) is 2. The molecule has 0 saturated heterocycles. The number of nitrogens with zero attached hydrogens (tertiary/aromatic N) is 3. The lowest BCUT2D eigenvalue weighted by molar-refractivity contribution is 0.0934. The molecule has 25 heavy (non-hydrogen) atoms. The fraction of sp³-hybridized carbons (Fsp3) is 0.235. The highest BCUT2D eigenvalue weighted by Gasteiger charge is 2.17. The molecule has 6 nitrogen and oxygen atoms in total. The van der Waals surface area contributed by atoms with Crippen LogP contribution in [0.5, 0.6) is 0 Å². The van der Waals surface area contributed by atoms with Crippen molar-refractivity contribution in [3.63, 3.8) is 0 Å². The van der Waals surface area contributed by atoms with Gasteiger partial charge in [-0.25, -0.2) is 0 Å². The minimum Gasteiger partial charge on any atom is -0.343 e. The smallest absolute Gasteiger partial charge is 0.269 e. The summed E-state index contributed by atoms with van der Waals surface area (Å²) in [4.78, 5) is 12.4. The number of carbonyl (C=O) groups excluding carboxylic acids is 1. The van der Waals surface area contributed by atoms with E-state index in [4.69, 9.17) is 23.2 Å². The number of hydrogen-bond acceptors (Lipinski definition) is 3. The first kappa shape index (κ1) is 17.5. The molecule has 2 N–H and O–H groups in total. The van der Waals surface area contributed by atoms with E-state index in [0.717, 1.165) is 12.2 Å². The van der Waals surface area contributed by atoms with E-state index in [1.165, 1.54) is 0 Å². The maximum atomic E-state index is 12.4. The van der Waals surface area contributed by atoms with Crippen molar-refractivity contribution in [3.8, 4) is 11.3 Å². The van der Waals surface area contributed by atoms with Crippen LogP contribution in [0.1, 0.15) is 36.1 Å². The Morgan fingerprint density at radius 1 is 1.32 bits per heavy atom. The third kappa shape index (κ3) is 3.86. The van der Waals surface area contributed by atoms with Gasteiger partial charge in [0.1, 0.15) is 5.69 Å². The van der Waals surface area contributed by atoms with Gasteiger partial charge in [-0.3, -0.25) is 14.6 Å². The third-order valence-corrected chi connectivity index (χ3v) is 4.35. The first-order valence-electron chi connectivity index (χ1n) is 7.83. The van der Waals surface area contributed by atoms with Gasteiger partial charge < -0.3 is 5.32 Å². The van der Waals surface area contributed by atoms with Crippen molar-refractivity contribution in [3.05, 3.63) is 58.0 Å². The summed E-state index contributed by atoms with van der Waals surface area (Å²) in [5.41, 5.74) is 2.43. The van der Waals surface area contributed by atoms with Crippen LogP contribution in [-0.4, -0.2) is 25.9 Å². The number of aryl methyl sites for hydroxylation is 1. The molecular weight excluding hydrogens is 361 g/mol. The Kier molecular flexibility index (Phi) is 5.11. The molecule has 1 amide bonds. The lowest BCUT2D eigenvalue weighted by Crippen LogP contribution is -2.27. The van der Waals surface area contributed by atoms with Crippen LogP contribution >= 0.6 is 23.2 Å². The second-order valence-electron chi connectivity index (χ2n) is 5.58. The van der Waals surface area contributed by atoms with Gasteiger partial charge in [-0.2, -0.15) is 10.2 Å². The Balaban J connectivity index is 1.74. The van der Waals surface area contributed by atoms with Crippen molar-refractivity contribution in [2.45, 2.75) is 26.4 Å². The zero-order valence-electron chi connectivity index (χ0n) is 13.8. The lowest BCUT2D eigenvalue weighted by atomic mass is 10.1. The predicted octanol–water partition coefficient (Wildman–Crippen LogP) is 4.09. The van der Waals surface area contributed by atoms with E-state index in [1.54, 1.807) is 24.3 Å². The molecule has 1 atom stereocenters. The monoisotopic (exact) mass is 377 g/mol. The van der Waals surface area contributed by atoms with Gasteiger partial charge in [-0.1, -0.05) is 23.2 Å². The molecule has 0 fully saturated rings. The molecule has 0 radical (unpaired) electrons. The van der Waals surface area contributed by atoms with Crippen molar-refractivity contribution >= 4 is 29.1 Å². The Morgan fingerprint density at radius 2 is 2.12 bits per heavy atom. The molecule has 3 rings (SSSR count). The van der Waals surface area contributed by atoms with Gasteiger partial charge in [-0.05, 0) is 44.2 Å². The minimum atomic E-state index is -0.262. The molecule has 1 unspecified atom stereocenters. The van der Waals surface area contributed by atoms with E-state index in [-0.39, 0.29) is 11.9 Å². The Morgan fingerprint density at radius 3 is 2.80 bits per heavy atom. The number of aromatic nitrogens is 4. The molecule has 8 heteroatoms. The fourth-order valence-electron chi connectivity index (χ4n) is 2.41. The van der Waals surface area contributed by atoms with Gasteiger partial charge in [0.15, 0.2) is 0 Å². The summed E-state index contributed by atoms with van der Waals surface area (Å²) < 4.78 is 1.81. The molecule has 0 spiro atoms. The summed E-state index contributed by atoms with van der Waals surface area (Å²) in [6.45, 7) is 4.67. The summed E-state index contributed by atoms with van der Waals surface area (Å²) in [7, 11) is 0. The van der Waals surface area contributed by atoms with E-state index in [0.29, 0.717) is 27.0 Å². The average Bonchev–Trinajstić information content (AvgIpc) is 3.24. The lowest BCUT2D eigenvalue weighted by Gasteiger charge is -2.10. The zero-order valence-corrected chi connectivity index (χ0v) is 15.3. The summed E-state index contributed by atoms with van der Waals surface area (Å²) >= 11 is 12.1. The predicted molar refractivity (Wildman–Crippen MR) is 97.8 cm³/mol. The van der Waals surface area contributed by atoms with E-state index in [2.05, 4.69) is 20.6 Å². The molecule has 1 aromatic carbocycles. The first-order chi connectivity index (χ1) is 12.0. The number of aromatic amines is 1. The number of nitrogens with one attached hydrogen (secondary N) is 2. The Bertz CT molecular complexity index is 902. The molecule has 0 aliphatic rings. The van der Waals surface area contributed by atoms with Crippen LogP contribution < -0.4 is 5.32 Å². The largest absolute Gasteiger partial charge is 0.343 e. The van der Waals surface area contributed by atoms with Gasteiger partial charge in [-0.15, -0.1) is 0 Å². The summed E-state index contributed by atoms with van der Waals surface area (Å²) in [6, 6.07) is 8.46. The van der Waals surface area contributed by atoms with Crippen LogP contribution in [0, 0.1) is 0 Å². The fourth-order valence-corrected chi connectivity index (χ4v) is 2.91. The molecule has 0 bridgehead atoms. The van der Waals surface area contributed by atoms with Crippen LogP contribution in [0.2, 0.25) is 10.0 Å². The first-order valence-corrected chi connectivity index (χ1v) is 8.58. The van der Waals surface area contributed by atoms with Crippen molar-refractivity contribution < 1.29 is 4.79 Å². The summed E-state index contributed by atoms with van der Waals surface area (Å²) in [5.74, 6) is -0.262. The second kappa shape index (κ2) is 7.29. The van der Waals surface area contributed by atoms with E-state index < -0.39 is 0 Å².